The van der Waals surface area contributed by atoms with Crippen LogP contribution in [0, 0.1) is 0 Å². The lowest BCUT2D eigenvalue weighted by Crippen LogP contribution is -2.15. The van der Waals surface area contributed by atoms with Gasteiger partial charge in [-0.25, -0.2) is 10.7 Å². The van der Waals surface area contributed by atoms with Crippen molar-refractivity contribution in [2.45, 2.75) is 13.3 Å². The average molecular weight is 170 g/mol. The molecule has 2 N–H and O–H groups in total. The Bertz CT molecular complexity index is 89.0. The molecule has 4 nitrogen and oxygen atoms in total. The van der Waals surface area contributed by atoms with Crippen LogP contribution in [0.4, 0.5) is 0 Å². The van der Waals surface area contributed by atoms with Gasteiger partial charge < -0.3 is 4.74 Å². The fourth-order valence-electron chi connectivity index (χ4n) is 0.326. The van der Waals surface area contributed by atoms with E-state index in [4.69, 9.17) is 0 Å². The first-order valence-corrected chi connectivity index (χ1v) is 2.78. The number of carbonyl (C=O) groups is 1. The lowest BCUT2D eigenvalue weighted by atomic mass is 10.5. The first kappa shape index (κ1) is 12.4. The zero-order valence-electron chi connectivity index (χ0n) is 5.83. The number of carbonyl (C=O) groups excluding carboxylic acids is 1. The molecule has 0 rings (SSSR count). The van der Waals surface area contributed by atoms with E-state index in [1.807, 2.05) is 6.92 Å². The zero-order valence-corrected chi connectivity index (χ0v) is 6.65. The lowest BCUT2D eigenvalue weighted by Gasteiger charge is -1.99. The SMILES string of the molecule is CCCOC(=O)CON.Cl. The van der Waals surface area contributed by atoms with Gasteiger partial charge in [0.1, 0.15) is 0 Å². The maximum Gasteiger partial charge on any atom is 0.334 e. The molecule has 0 aromatic rings. The van der Waals surface area contributed by atoms with Crippen molar-refractivity contribution in [1.29, 1.82) is 0 Å². The molecule has 0 aromatic heterocycles. The molecular formula is C5H12ClNO3. The smallest absolute Gasteiger partial charge is 0.334 e. The molecule has 0 spiro atoms. The van der Waals surface area contributed by atoms with Gasteiger partial charge in [0.25, 0.3) is 0 Å². The number of rotatable bonds is 4. The molecule has 0 aliphatic rings. The van der Waals surface area contributed by atoms with E-state index in [2.05, 4.69) is 15.5 Å². The monoisotopic (exact) mass is 169 g/mol. The molecular weight excluding hydrogens is 158 g/mol. The van der Waals surface area contributed by atoms with Crippen molar-refractivity contribution in [2.24, 2.45) is 5.90 Å². The molecule has 0 bridgehead atoms. The second kappa shape index (κ2) is 8.68. The molecule has 62 valence electrons. The van der Waals surface area contributed by atoms with Gasteiger partial charge in [0.15, 0.2) is 6.61 Å². The molecule has 0 aromatic carbocycles. The van der Waals surface area contributed by atoms with Crippen molar-refractivity contribution in [1.82, 2.24) is 0 Å². The van der Waals surface area contributed by atoms with Gasteiger partial charge in [0, 0.05) is 0 Å². The van der Waals surface area contributed by atoms with Crippen molar-refractivity contribution in [3.05, 3.63) is 0 Å². The van der Waals surface area contributed by atoms with Crippen LogP contribution >= 0.6 is 12.4 Å². The summed E-state index contributed by atoms with van der Waals surface area (Å²) in [4.78, 5) is 14.4. The fraction of sp³-hybridized carbons (Fsp3) is 0.800. The van der Waals surface area contributed by atoms with Gasteiger partial charge in [-0.1, -0.05) is 6.92 Å². The minimum absolute atomic E-state index is 0. The Morgan fingerprint density at radius 2 is 2.20 bits per heavy atom. The molecule has 0 saturated heterocycles. The predicted octanol–water partition coefficient (Wildman–Crippen LogP) is 0.252. The number of ether oxygens (including phenoxy) is 1. The van der Waals surface area contributed by atoms with E-state index >= 15 is 0 Å². The summed E-state index contributed by atoms with van der Waals surface area (Å²) >= 11 is 0. The summed E-state index contributed by atoms with van der Waals surface area (Å²) in [6.07, 6.45) is 0.816. The van der Waals surface area contributed by atoms with Crippen LogP contribution in [-0.4, -0.2) is 19.2 Å². The summed E-state index contributed by atoms with van der Waals surface area (Å²) in [6, 6.07) is 0. The maximum atomic E-state index is 10.4. The van der Waals surface area contributed by atoms with E-state index in [0.29, 0.717) is 6.61 Å². The van der Waals surface area contributed by atoms with E-state index in [0.717, 1.165) is 6.42 Å². The minimum atomic E-state index is -0.417. The van der Waals surface area contributed by atoms with Gasteiger partial charge in [-0.15, -0.1) is 12.4 Å². The summed E-state index contributed by atoms with van der Waals surface area (Å²) in [5, 5.41) is 0. The van der Waals surface area contributed by atoms with E-state index in [9.17, 15) is 4.79 Å². The normalized spacial score (nSPS) is 8.20. The highest BCUT2D eigenvalue weighted by Gasteiger charge is 1.98. The zero-order chi connectivity index (χ0) is 7.11. The second-order valence-corrected chi connectivity index (χ2v) is 1.53. The van der Waals surface area contributed by atoms with Crippen LogP contribution in [0.25, 0.3) is 0 Å². The van der Waals surface area contributed by atoms with Gasteiger partial charge >= 0.3 is 5.97 Å². The molecule has 0 radical (unpaired) electrons. The van der Waals surface area contributed by atoms with Crippen molar-refractivity contribution in [3.63, 3.8) is 0 Å². The highest BCUT2D eigenvalue weighted by molar-refractivity contribution is 5.85. The summed E-state index contributed by atoms with van der Waals surface area (Å²) < 4.78 is 4.59. The van der Waals surface area contributed by atoms with Crippen LogP contribution in [0.15, 0.2) is 0 Å². The molecule has 0 aliphatic carbocycles. The number of hydrogen-bond acceptors (Lipinski definition) is 4. The molecule has 0 atom stereocenters. The molecule has 0 amide bonds. The number of nitrogens with two attached hydrogens (primary N) is 1. The van der Waals surface area contributed by atoms with Crippen LogP contribution in [0.1, 0.15) is 13.3 Å². The molecule has 0 aliphatic heterocycles. The number of hydrogen-bond donors (Lipinski definition) is 1. The lowest BCUT2D eigenvalue weighted by molar-refractivity contribution is -0.149. The van der Waals surface area contributed by atoms with Gasteiger partial charge in [-0.3, -0.25) is 4.84 Å². The van der Waals surface area contributed by atoms with Crippen LogP contribution in [0.2, 0.25) is 0 Å². The first-order valence-electron chi connectivity index (χ1n) is 2.78. The van der Waals surface area contributed by atoms with Crippen molar-refractivity contribution in [2.75, 3.05) is 13.2 Å². The minimum Gasteiger partial charge on any atom is -0.464 e. The Hall–Kier alpha value is -0.320. The standard InChI is InChI=1S/C5H11NO3.ClH/c1-2-3-8-5(7)4-9-6;/h2-4,6H2,1H3;1H. The first-order chi connectivity index (χ1) is 4.31. The second-order valence-electron chi connectivity index (χ2n) is 1.53. The Morgan fingerprint density at radius 3 is 2.60 bits per heavy atom. The van der Waals surface area contributed by atoms with Gasteiger partial charge in [0.2, 0.25) is 0 Å². The Morgan fingerprint density at radius 1 is 1.60 bits per heavy atom. The maximum absolute atomic E-state index is 10.4. The van der Waals surface area contributed by atoms with Crippen molar-refractivity contribution >= 4 is 18.4 Å². The van der Waals surface area contributed by atoms with Crippen LogP contribution in [0.5, 0.6) is 0 Å². The summed E-state index contributed by atoms with van der Waals surface area (Å²) in [5.41, 5.74) is 0. The van der Waals surface area contributed by atoms with Crippen LogP contribution in [-0.2, 0) is 14.4 Å². The highest BCUT2D eigenvalue weighted by Crippen LogP contribution is 1.81. The Balaban J connectivity index is 0. The van der Waals surface area contributed by atoms with E-state index < -0.39 is 5.97 Å². The van der Waals surface area contributed by atoms with E-state index in [1.165, 1.54) is 0 Å². The molecule has 0 heterocycles. The third-order valence-corrected chi connectivity index (χ3v) is 0.668. The fourth-order valence-corrected chi connectivity index (χ4v) is 0.326. The number of esters is 1. The van der Waals surface area contributed by atoms with Crippen molar-refractivity contribution in [3.8, 4) is 0 Å². The van der Waals surface area contributed by atoms with Gasteiger partial charge in [-0.2, -0.15) is 0 Å². The largest absolute Gasteiger partial charge is 0.464 e. The highest BCUT2D eigenvalue weighted by atomic mass is 35.5. The average Bonchev–Trinajstić information content (AvgIpc) is 1.85. The summed E-state index contributed by atoms with van der Waals surface area (Å²) in [7, 11) is 0. The van der Waals surface area contributed by atoms with Gasteiger partial charge in [0.05, 0.1) is 6.61 Å². The quantitative estimate of drug-likeness (QED) is 0.484. The van der Waals surface area contributed by atoms with Crippen LogP contribution < -0.4 is 5.90 Å². The molecule has 10 heavy (non-hydrogen) atoms. The third kappa shape index (κ3) is 7.68. The Labute approximate surface area is 66.0 Å². The molecule has 0 fully saturated rings. The van der Waals surface area contributed by atoms with E-state index in [-0.39, 0.29) is 19.0 Å². The predicted molar refractivity (Wildman–Crippen MR) is 38.6 cm³/mol. The van der Waals surface area contributed by atoms with Crippen LogP contribution in [0.3, 0.4) is 0 Å². The topological polar surface area (TPSA) is 61.5 Å². The summed E-state index contributed by atoms with van der Waals surface area (Å²) in [6.45, 7) is 2.18. The molecule has 0 saturated carbocycles. The van der Waals surface area contributed by atoms with E-state index in [1.54, 1.807) is 0 Å². The Kier molecular flexibility index (Phi) is 10.7. The number of halogens is 1. The molecule has 5 heteroatoms. The molecule has 0 unspecified atom stereocenters. The summed E-state index contributed by atoms with van der Waals surface area (Å²) in [5.74, 6) is 4.18. The van der Waals surface area contributed by atoms with Crippen molar-refractivity contribution < 1.29 is 14.4 Å². The third-order valence-electron chi connectivity index (χ3n) is 0.668. The van der Waals surface area contributed by atoms with Gasteiger partial charge in [-0.05, 0) is 6.42 Å².